The van der Waals surface area contributed by atoms with Crippen LogP contribution in [0.1, 0.15) is 5.82 Å². The van der Waals surface area contributed by atoms with Crippen molar-refractivity contribution in [1.29, 1.82) is 0 Å². The molecule has 0 aliphatic rings. The summed E-state index contributed by atoms with van der Waals surface area (Å²) in [5.74, 6) is -0.440. The van der Waals surface area contributed by atoms with Gasteiger partial charge in [-0.15, -0.1) is 0 Å². The Hall–Kier alpha value is -1.40. The van der Waals surface area contributed by atoms with Crippen LogP contribution in [-0.4, -0.2) is 27.1 Å². The van der Waals surface area contributed by atoms with E-state index in [2.05, 4.69) is 25.9 Å². The normalized spacial score (nSPS) is 12.9. The van der Waals surface area contributed by atoms with Crippen molar-refractivity contribution in [2.24, 2.45) is 5.73 Å². The molecule has 0 radical (unpaired) electrons. The molecule has 1 heterocycles. The summed E-state index contributed by atoms with van der Waals surface area (Å²) in [5.41, 5.74) is 7.10. The molecule has 5 nitrogen and oxygen atoms in total. The Balaban J connectivity index is 2.29. The molecule has 84 valence electrons. The minimum atomic E-state index is -1.03. The molecule has 0 spiro atoms. The lowest BCUT2D eigenvalue weighted by molar-refractivity contribution is -0.138. The molecule has 1 aromatic carbocycles. The van der Waals surface area contributed by atoms with Gasteiger partial charge in [0.1, 0.15) is 11.9 Å². The molecule has 0 saturated heterocycles. The topological polar surface area (TPSA) is 92.0 Å². The molecular weight excluding hydrogens is 274 g/mol. The molecule has 2 aromatic rings. The number of nitrogens with zero attached hydrogens (tertiary/aromatic N) is 1. The summed E-state index contributed by atoms with van der Waals surface area (Å²) in [6, 6.07) is 4.69. The van der Waals surface area contributed by atoms with Gasteiger partial charge in [0.2, 0.25) is 0 Å². The number of benzene rings is 1. The standard InChI is InChI=1S/C10H10BrN3O2/c11-5-1-2-7-8(3-5)14-9(13-7)4-6(12)10(15)16/h1-3,6H,4,12H2,(H,13,14)(H,15,16)/t6-/m1/s1. The maximum atomic E-state index is 10.6. The van der Waals surface area contributed by atoms with E-state index in [-0.39, 0.29) is 6.42 Å². The fraction of sp³-hybridized carbons (Fsp3) is 0.200. The number of halogens is 1. The summed E-state index contributed by atoms with van der Waals surface area (Å²) in [7, 11) is 0. The van der Waals surface area contributed by atoms with Crippen molar-refractivity contribution in [3.63, 3.8) is 0 Å². The van der Waals surface area contributed by atoms with Crippen molar-refractivity contribution in [2.75, 3.05) is 0 Å². The third-order valence-electron chi connectivity index (χ3n) is 2.22. The SMILES string of the molecule is N[C@H](Cc1nc2ccc(Br)cc2[nH]1)C(=O)O. The van der Waals surface area contributed by atoms with Crippen LogP contribution in [0, 0.1) is 0 Å². The summed E-state index contributed by atoms with van der Waals surface area (Å²) >= 11 is 3.35. The average molecular weight is 284 g/mol. The number of nitrogens with one attached hydrogen (secondary N) is 1. The molecule has 1 aromatic heterocycles. The van der Waals surface area contributed by atoms with E-state index in [1.807, 2.05) is 18.2 Å². The van der Waals surface area contributed by atoms with Crippen molar-refractivity contribution < 1.29 is 9.90 Å². The molecule has 0 aliphatic carbocycles. The number of aromatic amines is 1. The van der Waals surface area contributed by atoms with Crippen molar-refractivity contribution in [3.05, 3.63) is 28.5 Å². The molecule has 16 heavy (non-hydrogen) atoms. The van der Waals surface area contributed by atoms with Crippen molar-refractivity contribution in [1.82, 2.24) is 9.97 Å². The average Bonchev–Trinajstić information content (AvgIpc) is 2.58. The van der Waals surface area contributed by atoms with Gasteiger partial charge in [-0.25, -0.2) is 4.98 Å². The zero-order valence-electron chi connectivity index (χ0n) is 8.27. The van der Waals surface area contributed by atoms with E-state index in [0.717, 1.165) is 15.5 Å². The van der Waals surface area contributed by atoms with Gasteiger partial charge in [-0.1, -0.05) is 15.9 Å². The zero-order valence-corrected chi connectivity index (χ0v) is 9.86. The van der Waals surface area contributed by atoms with Gasteiger partial charge in [0.15, 0.2) is 0 Å². The second-order valence-corrected chi connectivity index (χ2v) is 4.41. The van der Waals surface area contributed by atoms with Crippen LogP contribution >= 0.6 is 15.9 Å². The van der Waals surface area contributed by atoms with Gasteiger partial charge in [0.05, 0.1) is 11.0 Å². The second kappa shape index (κ2) is 4.23. The Bertz CT molecular complexity index is 538. The fourth-order valence-corrected chi connectivity index (χ4v) is 1.79. The maximum Gasteiger partial charge on any atom is 0.320 e. The van der Waals surface area contributed by atoms with Gasteiger partial charge in [0, 0.05) is 10.9 Å². The van der Waals surface area contributed by atoms with Gasteiger partial charge >= 0.3 is 5.97 Å². The number of H-pyrrole nitrogens is 1. The molecule has 6 heteroatoms. The number of carbonyl (C=O) groups is 1. The molecule has 0 unspecified atom stereocenters. The monoisotopic (exact) mass is 283 g/mol. The smallest absolute Gasteiger partial charge is 0.320 e. The first-order chi connectivity index (χ1) is 7.56. The summed E-state index contributed by atoms with van der Waals surface area (Å²) in [6.07, 6.45) is 0.196. The zero-order chi connectivity index (χ0) is 11.7. The lowest BCUT2D eigenvalue weighted by atomic mass is 10.2. The Morgan fingerprint density at radius 1 is 1.62 bits per heavy atom. The van der Waals surface area contributed by atoms with Gasteiger partial charge in [0.25, 0.3) is 0 Å². The predicted octanol–water partition coefficient (Wildman–Crippen LogP) is 1.28. The highest BCUT2D eigenvalue weighted by Gasteiger charge is 2.14. The minimum absolute atomic E-state index is 0.196. The first kappa shape index (κ1) is 11.1. The predicted molar refractivity (Wildman–Crippen MR) is 63.1 cm³/mol. The Kier molecular flexibility index (Phi) is 2.93. The quantitative estimate of drug-likeness (QED) is 0.791. The molecule has 0 saturated carbocycles. The van der Waals surface area contributed by atoms with Crippen LogP contribution < -0.4 is 5.73 Å². The van der Waals surface area contributed by atoms with Gasteiger partial charge in [-0.2, -0.15) is 0 Å². The van der Waals surface area contributed by atoms with Crippen LogP contribution in [-0.2, 0) is 11.2 Å². The number of fused-ring (bicyclic) bond motifs is 1. The van der Waals surface area contributed by atoms with E-state index in [4.69, 9.17) is 10.8 Å². The van der Waals surface area contributed by atoms with E-state index < -0.39 is 12.0 Å². The Labute approximate surface area is 99.8 Å². The number of aromatic nitrogens is 2. The maximum absolute atomic E-state index is 10.6. The number of carboxylic acids is 1. The van der Waals surface area contributed by atoms with Gasteiger partial charge in [-0.3, -0.25) is 4.79 Å². The molecule has 0 bridgehead atoms. The third kappa shape index (κ3) is 2.23. The summed E-state index contributed by atoms with van der Waals surface area (Å²) in [5, 5.41) is 8.69. The molecule has 4 N–H and O–H groups in total. The number of carboxylic acid groups (broad SMARTS) is 1. The molecule has 0 aliphatic heterocycles. The van der Waals surface area contributed by atoms with Crippen LogP contribution in [0.3, 0.4) is 0 Å². The van der Waals surface area contributed by atoms with Crippen LogP contribution in [0.25, 0.3) is 11.0 Å². The lowest BCUT2D eigenvalue weighted by Gasteiger charge is -2.01. The van der Waals surface area contributed by atoms with Crippen molar-refractivity contribution in [2.45, 2.75) is 12.5 Å². The second-order valence-electron chi connectivity index (χ2n) is 3.49. The summed E-state index contributed by atoms with van der Waals surface area (Å²) < 4.78 is 0.942. The summed E-state index contributed by atoms with van der Waals surface area (Å²) in [6.45, 7) is 0. The number of hydrogen-bond donors (Lipinski definition) is 3. The van der Waals surface area contributed by atoms with E-state index in [9.17, 15) is 4.79 Å². The molecular formula is C10H10BrN3O2. The number of hydrogen-bond acceptors (Lipinski definition) is 3. The van der Waals surface area contributed by atoms with Gasteiger partial charge in [-0.05, 0) is 18.2 Å². The van der Waals surface area contributed by atoms with E-state index in [1.54, 1.807) is 0 Å². The third-order valence-corrected chi connectivity index (χ3v) is 2.72. The van der Waals surface area contributed by atoms with Crippen LogP contribution in [0.15, 0.2) is 22.7 Å². The largest absolute Gasteiger partial charge is 0.480 e. The molecule has 1 atom stereocenters. The number of aliphatic carboxylic acids is 1. The first-order valence-electron chi connectivity index (χ1n) is 4.69. The molecule has 0 fully saturated rings. The Morgan fingerprint density at radius 3 is 3.06 bits per heavy atom. The number of imidazole rings is 1. The lowest BCUT2D eigenvalue weighted by Crippen LogP contribution is -2.32. The number of rotatable bonds is 3. The Morgan fingerprint density at radius 2 is 2.38 bits per heavy atom. The molecule has 2 rings (SSSR count). The van der Waals surface area contributed by atoms with Crippen molar-refractivity contribution in [3.8, 4) is 0 Å². The van der Waals surface area contributed by atoms with Crippen molar-refractivity contribution >= 4 is 32.9 Å². The van der Waals surface area contributed by atoms with Gasteiger partial charge < -0.3 is 15.8 Å². The van der Waals surface area contributed by atoms with E-state index >= 15 is 0 Å². The summed E-state index contributed by atoms with van der Waals surface area (Å²) in [4.78, 5) is 17.9. The highest BCUT2D eigenvalue weighted by atomic mass is 79.9. The van der Waals surface area contributed by atoms with Crippen LogP contribution in [0.2, 0.25) is 0 Å². The van der Waals surface area contributed by atoms with E-state index in [0.29, 0.717) is 5.82 Å². The fourth-order valence-electron chi connectivity index (χ4n) is 1.43. The molecule has 0 amide bonds. The van der Waals surface area contributed by atoms with E-state index in [1.165, 1.54) is 0 Å². The van der Waals surface area contributed by atoms with Crippen LogP contribution in [0.4, 0.5) is 0 Å². The minimum Gasteiger partial charge on any atom is -0.480 e. The highest BCUT2D eigenvalue weighted by molar-refractivity contribution is 9.10. The number of nitrogens with two attached hydrogens (primary N) is 1. The van der Waals surface area contributed by atoms with Crippen LogP contribution in [0.5, 0.6) is 0 Å². The first-order valence-corrected chi connectivity index (χ1v) is 5.48. The highest BCUT2D eigenvalue weighted by Crippen LogP contribution is 2.18.